The van der Waals surface area contributed by atoms with Crippen molar-refractivity contribution in [1.29, 1.82) is 0 Å². The quantitative estimate of drug-likeness (QED) is 0.855. The first-order valence-electron chi connectivity index (χ1n) is 7.53. The zero-order valence-corrected chi connectivity index (χ0v) is 15.8. The topological polar surface area (TPSA) is 47.6 Å². The van der Waals surface area contributed by atoms with Gasteiger partial charge in [0, 0.05) is 0 Å². The minimum atomic E-state index is -1.24. The summed E-state index contributed by atoms with van der Waals surface area (Å²) in [6.45, 7) is 11.6. The molecule has 1 N–H and O–H groups in total. The number of methoxy groups -OCH3 is 1. The molecule has 0 saturated carbocycles. The molecule has 0 fully saturated rings. The third kappa shape index (κ3) is 7.06. The standard InChI is InChI=1S/C18H27NO3S/c1-17(2,3)22-13-12-16(19-23(20)18(4,5)6)14-8-10-15(21-7)11-9-14/h8-11,16,19H,1-7H3/t16-,23+/m1/s1. The summed E-state index contributed by atoms with van der Waals surface area (Å²) in [5, 5.41) is 0. The minimum absolute atomic E-state index is 0.347. The summed E-state index contributed by atoms with van der Waals surface area (Å²) in [5.74, 6) is 3.78. The van der Waals surface area contributed by atoms with Crippen LogP contribution in [0.25, 0.3) is 0 Å². The van der Waals surface area contributed by atoms with E-state index in [9.17, 15) is 4.21 Å². The molecule has 0 saturated heterocycles. The lowest BCUT2D eigenvalue weighted by molar-refractivity contribution is 0.0960. The highest BCUT2D eigenvalue weighted by molar-refractivity contribution is 7.84. The highest BCUT2D eigenvalue weighted by Crippen LogP contribution is 2.20. The van der Waals surface area contributed by atoms with Gasteiger partial charge in [0.1, 0.15) is 23.5 Å². The highest BCUT2D eigenvalue weighted by Gasteiger charge is 2.23. The number of ether oxygens (including phenoxy) is 2. The van der Waals surface area contributed by atoms with Crippen molar-refractivity contribution in [2.45, 2.75) is 57.9 Å². The maximum absolute atomic E-state index is 12.4. The van der Waals surface area contributed by atoms with Crippen molar-refractivity contribution < 1.29 is 13.7 Å². The Hall–Kier alpha value is -1.51. The van der Waals surface area contributed by atoms with Crippen LogP contribution in [-0.4, -0.2) is 21.7 Å². The van der Waals surface area contributed by atoms with Gasteiger partial charge in [-0.15, -0.1) is 0 Å². The predicted octanol–water partition coefficient (Wildman–Crippen LogP) is 3.56. The predicted molar refractivity (Wildman–Crippen MR) is 95.4 cm³/mol. The Morgan fingerprint density at radius 3 is 2.09 bits per heavy atom. The second-order valence-electron chi connectivity index (χ2n) is 7.17. The van der Waals surface area contributed by atoms with Crippen LogP contribution in [0.15, 0.2) is 24.3 Å². The molecule has 0 aliphatic heterocycles. The molecule has 0 aliphatic rings. The van der Waals surface area contributed by atoms with E-state index in [4.69, 9.17) is 9.47 Å². The normalized spacial score (nSPS) is 14.4. The van der Waals surface area contributed by atoms with Gasteiger partial charge < -0.3 is 9.47 Å². The Balaban J connectivity index is 3.02. The number of hydrogen-bond acceptors (Lipinski definition) is 3. The van der Waals surface area contributed by atoms with E-state index in [2.05, 4.69) is 16.7 Å². The molecule has 0 spiro atoms. The van der Waals surface area contributed by atoms with E-state index in [0.29, 0.717) is 0 Å². The third-order valence-corrected chi connectivity index (χ3v) is 4.35. The van der Waals surface area contributed by atoms with Crippen LogP contribution < -0.4 is 9.46 Å². The summed E-state index contributed by atoms with van der Waals surface area (Å²) in [5.41, 5.74) is 0.564. The average Bonchev–Trinajstić information content (AvgIpc) is 2.44. The van der Waals surface area contributed by atoms with Gasteiger partial charge in [-0.25, -0.2) is 8.93 Å². The summed E-state index contributed by atoms with van der Waals surface area (Å²) in [6, 6.07) is 7.14. The fraction of sp³-hybridized carbons (Fsp3) is 0.556. The van der Waals surface area contributed by atoms with Crippen LogP contribution in [0.4, 0.5) is 0 Å². The van der Waals surface area contributed by atoms with Gasteiger partial charge in [0.2, 0.25) is 0 Å². The molecule has 1 aromatic carbocycles. The fourth-order valence-electron chi connectivity index (χ4n) is 1.50. The Morgan fingerprint density at radius 1 is 1.09 bits per heavy atom. The van der Waals surface area contributed by atoms with Crippen molar-refractivity contribution in [2.75, 3.05) is 7.11 Å². The summed E-state index contributed by atoms with van der Waals surface area (Å²) in [7, 11) is 0.382. The van der Waals surface area contributed by atoms with Crippen LogP contribution in [0, 0.1) is 12.0 Å². The molecule has 4 nitrogen and oxygen atoms in total. The average molecular weight is 337 g/mol. The molecule has 0 aromatic heterocycles. The van der Waals surface area contributed by atoms with Crippen LogP contribution in [0.2, 0.25) is 0 Å². The number of nitrogens with one attached hydrogen (secondary N) is 1. The number of rotatable bonds is 4. The monoisotopic (exact) mass is 337 g/mol. The largest absolute Gasteiger partial charge is 0.497 e. The minimum Gasteiger partial charge on any atom is -0.497 e. The lowest BCUT2D eigenvalue weighted by atomic mass is 10.1. The van der Waals surface area contributed by atoms with Gasteiger partial charge >= 0.3 is 0 Å². The number of hydrogen-bond donors (Lipinski definition) is 1. The molecule has 0 aliphatic carbocycles. The van der Waals surface area contributed by atoms with Gasteiger partial charge in [0.25, 0.3) is 0 Å². The summed E-state index contributed by atoms with van der Waals surface area (Å²) in [6.07, 6.45) is 2.73. The Morgan fingerprint density at radius 2 is 1.65 bits per heavy atom. The Bertz CT molecular complexity index is 586. The van der Waals surface area contributed by atoms with Crippen molar-refractivity contribution >= 4 is 11.0 Å². The zero-order chi connectivity index (χ0) is 17.7. The second kappa shape index (κ2) is 7.85. The molecule has 128 valence electrons. The molecule has 0 radical (unpaired) electrons. The summed E-state index contributed by atoms with van der Waals surface area (Å²) < 4.78 is 25.7. The molecule has 0 amide bonds. The first kappa shape index (κ1) is 19.5. The second-order valence-corrected chi connectivity index (χ2v) is 9.16. The molecule has 5 heteroatoms. The van der Waals surface area contributed by atoms with E-state index >= 15 is 0 Å². The van der Waals surface area contributed by atoms with Gasteiger partial charge in [0.15, 0.2) is 0 Å². The molecular formula is C18H27NO3S. The van der Waals surface area contributed by atoms with Gasteiger partial charge in [-0.2, -0.15) is 0 Å². The lowest BCUT2D eigenvalue weighted by Gasteiger charge is -2.22. The molecule has 1 aromatic rings. The zero-order valence-electron chi connectivity index (χ0n) is 15.0. The molecule has 23 heavy (non-hydrogen) atoms. The van der Waals surface area contributed by atoms with Crippen molar-refractivity contribution in [2.24, 2.45) is 0 Å². The van der Waals surface area contributed by atoms with E-state index in [-0.39, 0.29) is 16.4 Å². The van der Waals surface area contributed by atoms with E-state index in [0.717, 1.165) is 11.3 Å². The lowest BCUT2D eigenvalue weighted by Crippen LogP contribution is -2.35. The highest BCUT2D eigenvalue weighted by atomic mass is 32.2. The summed E-state index contributed by atoms with van der Waals surface area (Å²) >= 11 is 0. The van der Waals surface area contributed by atoms with Crippen molar-refractivity contribution in [1.82, 2.24) is 4.72 Å². The first-order valence-corrected chi connectivity index (χ1v) is 8.68. The molecular weight excluding hydrogens is 310 g/mol. The Kier molecular flexibility index (Phi) is 6.67. The molecule has 0 bridgehead atoms. The van der Waals surface area contributed by atoms with Gasteiger partial charge in [-0.1, -0.05) is 12.1 Å². The van der Waals surface area contributed by atoms with E-state index in [1.165, 1.54) is 0 Å². The summed E-state index contributed by atoms with van der Waals surface area (Å²) in [4.78, 5) is 0. The van der Waals surface area contributed by atoms with Crippen LogP contribution >= 0.6 is 0 Å². The smallest absolute Gasteiger partial charge is 0.118 e. The number of benzene rings is 1. The fourth-order valence-corrected chi connectivity index (χ4v) is 2.27. The van der Waals surface area contributed by atoms with Crippen molar-refractivity contribution in [3.05, 3.63) is 29.8 Å². The SMILES string of the molecule is COc1ccc([C@@H](C#COC(C)(C)C)N[S@@](=O)C(C)(C)C)cc1. The molecule has 1 rings (SSSR count). The van der Waals surface area contributed by atoms with E-state index in [1.54, 1.807) is 7.11 Å². The Labute approximate surface area is 142 Å². The maximum Gasteiger partial charge on any atom is 0.118 e. The van der Waals surface area contributed by atoms with Gasteiger partial charge in [-0.3, -0.25) is 0 Å². The van der Waals surface area contributed by atoms with Crippen LogP contribution in [0.3, 0.4) is 0 Å². The maximum atomic E-state index is 12.4. The van der Waals surface area contributed by atoms with Gasteiger partial charge in [-0.05, 0) is 65.2 Å². The van der Waals surface area contributed by atoms with E-state index in [1.807, 2.05) is 65.8 Å². The first-order chi connectivity index (χ1) is 10.5. The van der Waals surface area contributed by atoms with Crippen molar-refractivity contribution in [3.8, 4) is 17.8 Å². The van der Waals surface area contributed by atoms with Gasteiger partial charge in [0.05, 0.1) is 22.8 Å². The van der Waals surface area contributed by atoms with Crippen molar-refractivity contribution in [3.63, 3.8) is 0 Å². The van der Waals surface area contributed by atoms with Crippen LogP contribution in [-0.2, 0) is 15.7 Å². The third-order valence-electron chi connectivity index (χ3n) is 2.79. The van der Waals surface area contributed by atoms with E-state index < -0.39 is 11.0 Å². The molecule has 0 heterocycles. The van der Waals surface area contributed by atoms with Crippen LogP contribution in [0.1, 0.15) is 53.1 Å². The van der Waals surface area contributed by atoms with Crippen LogP contribution in [0.5, 0.6) is 5.75 Å². The molecule has 2 atom stereocenters. The molecule has 0 unspecified atom stereocenters.